The first kappa shape index (κ1) is 13.0. The third-order valence-electron chi connectivity index (χ3n) is 2.82. The lowest BCUT2D eigenvalue weighted by molar-refractivity contribution is 0.575. The monoisotopic (exact) mass is 285 g/mol. The lowest BCUT2D eigenvalue weighted by atomic mass is 10.3. The molecule has 4 nitrogen and oxygen atoms in total. The van der Waals surface area contributed by atoms with Gasteiger partial charge in [0, 0.05) is 11.4 Å². The fraction of sp³-hybridized carbons (Fsp3) is 0.200. The number of benzene rings is 1. The van der Waals surface area contributed by atoms with Crippen molar-refractivity contribution in [1.82, 2.24) is 14.8 Å². The summed E-state index contributed by atoms with van der Waals surface area (Å²) in [5.74, 6) is 2.48. The molecule has 3 rings (SSSR count). The molecule has 20 heavy (non-hydrogen) atoms. The topological polar surface area (TPSA) is 43.9 Å². The van der Waals surface area contributed by atoms with E-state index in [0.717, 1.165) is 34.6 Å². The van der Waals surface area contributed by atoms with Crippen molar-refractivity contribution in [1.29, 1.82) is 0 Å². The van der Waals surface area contributed by atoms with Gasteiger partial charge in [0.1, 0.15) is 0 Å². The second kappa shape index (κ2) is 5.96. The smallest absolute Gasteiger partial charge is 0.205 e. The Bertz CT molecular complexity index is 662. The Morgan fingerprint density at radius 2 is 1.95 bits per heavy atom. The Hall–Kier alpha value is -2.01. The fourth-order valence-electron chi connectivity index (χ4n) is 1.93. The van der Waals surface area contributed by atoms with Crippen molar-refractivity contribution in [2.45, 2.75) is 18.5 Å². The van der Waals surface area contributed by atoms with Gasteiger partial charge in [-0.15, -0.1) is 10.2 Å². The van der Waals surface area contributed by atoms with Crippen LogP contribution in [0.5, 0.6) is 0 Å². The van der Waals surface area contributed by atoms with E-state index in [1.165, 1.54) is 0 Å². The SMILES string of the molecule is CCCSc1nnc(-c2ccco2)n1-c1ccccc1. The molecule has 0 aliphatic rings. The van der Waals surface area contributed by atoms with Gasteiger partial charge in [0.2, 0.25) is 5.82 Å². The summed E-state index contributed by atoms with van der Waals surface area (Å²) in [5.41, 5.74) is 1.04. The molecule has 102 valence electrons. The second-order valence-electron chi connectivity index (χ2n) is 4.30. The number of thioether (sulfide) groups is 1. The highest BCUT2D eigenvalue weighted by atomic mass is 32.2. The molecule has 3 aromatic rings. The molecule has 0 N–H and O–H groups in total. The molecule has 0 unspecified atom stereocenters. The number of para-hydroxylation sites is 1. The van der Waals surface area contributed by atoms with E-state index in [4.69, 9.17) is 4.42 Å². The van der Waals surface area contributed by atoms with Crippen LogP contribution in [0.2, 0.25) is 0 Å². The molecule has 0 atom stereocenters. The average molecular weight is 285 g/mol. The van der Waals surface area contributed by atoms with E-state index in [2.05, 4.69) is 17.1 Å². The quantitative estimate of drug-likeness (QED) is 0.664. The zero-order valence-corrected chi connectivity index (χ0v) is 12.0. The van der Waals surface area contributed by atoms with Crippen molar-refractivity contribution in [2.75, 3.05) is 5.75 Å². The number of hydrogen-bond donors (Lipinski definition) is 0. The highest BCUT2D eigenvalue weighted by Crippen LogP contribution is 2.28. The van der Waals surface area contributed by atoms with Crippen molar-refractivity contribution in [3.63, 3.8) is 0 Å². The molecule has 0 saturated carbocycles. The van der Waals surface area contributed by atoms with Crippen LogP contribution in [0.25, 0.3) is 17.3 Å². The molecule has 2 aromatic heterocycles. The van der Waals surface area contributed by atoms with Crippen LogP contribution in [0.3, 0.4) is 0 Å². The molecule has 5 heteroatoms. The Labute approximate surface area is 121 Å². The molecule has 0 bridgehead atoms. The van der Waals surface area contributed by atoms with E-state index >= 15 is 0 Å². The summed E-state index contributed by atoms with van der Waals surface area (Å²) in [6.45, 7) is 2.16. The molecule has 0 saturated heterocycles. The van der Waals surface area contributed by atoms with Crippen LogP contribution in [0.15, 0.2) is 58.3 Å². The normalized spacial score (nSPS) is 10.8. The zero-order valence-electron chi connectivity index (χ0n) is 11.2. The van der Waals surface area contributed by atoms with Gasteiger partial charge in [-0.1, -0.05) is 36.9 Å². The second-order valence-corrected chi connectivity index (χ2v) is 5.36. The third kappa shape index (κ3) is 2.49. The summed E-state index contributed by atoms with van der Waals surface area (Å²) in [7, 11) is 0. The Balaban J connectivity index is 2.10. The maximum atomic E-state index is 5.47. The van der Waals surface area contributed by atoms with Crippen molar-refractivity contribution in [2.24, 2.45) is 0 Å². The van der Waals surface area contributed by atoms with Crippen LogP contribution in [-0.4, -0.2) is 20.5 Å². The zero-order chi connectivity index (χ0) is 13.8. The number of rotatable bonds is 5. The Kier molecular flexibility index (Phi) is 3.87. The highest BCUT2D eigenvalue weighted by molar-refractivity contribution is 7.99. The third-order valence-corrected chi connectivity index (χ3v) is 3.96. The Morgan fingerprint density at radius 1 is 1.10 bits per heavy atom. The number of hydrogen-bond acceptors (Lipinski definition) is 4. The maximum Gasteiger partial charge on any atom is 0.205 e. The van der Waals surface area contributed by atoms with E-state index < -0.39 is 0 Å². The maximum absolute atomic E-state index is 5.47. The fourth-order valence-corrected chi connectivity index (χ4v) is 2.74. The minimum atomic E-state index is 0.727. The average Bonchev–Trinajstić information content (AvgIpc) is 3.15. The van der Waals surface area contributed by atoms with Crippen LogP contribution < -0.4 is 0 Å². The number of furan rings is 1. The van der Waals surface area contributed by atoms with E-state index in [1.807, 2.05) is 47.0 Å². The summed E-state index contributed by atoms with van der Waals surface area (Å²) in [5, 5.41) is 9.48. The predicted octanol–water partition coefficient (Wildman–Crippen LogP) is 4.03. The summed E-state index contributed by atoms with van der Waals surface area (Å²) < 4.78 is 7.51. The van der Waals surface area contributed by atoms with Gasteiger partial charge < -0.3 is 4.42 Å². The summed E-state index contributed by atoms with van der Waals surface area (Å²) in [6, 6.07) is 13.9. The number of nitrogens with zero attached hydrogens (tertiary/aromatic N) is 3. The van der Waals surface area contributed by atoms with Gasteiger partial charge in [-0.05, 0) is 30.7 Å². The van der Waals surface area contributed by atoms with Gasteiger partial charge >= 0.3 is 0 Å². The van der Waals surface area contributed by atoms with Crippen LogP contribution in [0.4, 0.5) is 0 Å². The van der Waals surface area contributed by atoms with Gasteiger partial charge in [-0.3, -0.25) is 4.57 Å². The minimum Gasteiger partial charge on any atom is -0.461 e. The molecular weight excluding hydrogens is 270 g/mol. The molecule has 0 aliphatic carbocycles. The lowest BCUT2D eigenvalue weighted by Gasteiger charge is -2.08. The van der Waals surface area contributed by atoms with Gasteiger partial charge in [0.05, 0.1) is 6.26 Å². The molecule has 0 amide bonds. The van der Waals surface area contributed by atoms with Crippen molar-refractivity contribution >= 4 is 11.8 Å². The van der Waals surface area contributed by atoms with Crippen LogP contribution in [0, 0.1) is 0 Å². The van der Waals surface area contributed by atoms with Gasteiger partial charge in [0.25, 0.3) is 0 Å². The molecule has 0 fully saturated rings. The van der Waals surface area contributed by atoms with Crippen molar-refractivity contribution in [3.05, 3.63) is 48.7 Å². The molecule has 0 spiro atoms. The molecule has 2 heterocycles. The van der Waals surface area contributed by atoms with Crippen molar-refractivity contribution in [3.8, 4) is 17.3 Å². The largest absolute Gasteiger partial charge is 0.461 e. The van der Waals surface area contributed by atoms with Crippen LogP contribution >= 0.6 is 11.8 Å². The predicted molar refractivity (Wildman–Crippen MR) is 80.1 cm³/mol. The van der Waals surface area contributed by atoms with E-state index in [0.29, 0.717) is 0 Å². The van der Waals surface area contributed by atoms with E-state index in [1.54, 1.807) is 18.0 Å². The lowest BCUT2D eigenvalue weighted by Crippen LogP contribution is -1.99. The number of aromatic nitrogens is 3. The molecule has 1 aromatic carbocycles. The summed E-state index contributed by atoms with van der Waals surface area (Å²) in [4.78, 5) is 0. The summed E-state index contributed by atoms with van der Waals surface area (Å²) in [6.07, 6.45) is 2.75. The molecular formula is C15H15N3OS. The first-order valence-electron chi connectivity index (χ1n) is 6.57. The van der Waals surface area contributed by atoms with E-state index in [-0.39, 0.29) is 0 Å². The van der Waals surface area contributed by atoms with E-state index in [9.17, 15) is 0 Å². The summed E-state index contributed by atoms with van der Waals surface area (Å²) >= 11 is 1.71. The first-order chi connectivity index (χ1) is 9.90. The van der Waals surface area contributed by atoms with Crippen LogP contribution in [0.1, 0.15) is 13.3 Å². The minimum absolute atomic E-state index is 0.727. The van der Waals surface area contributed by atoms with Gasteiger partial charge in [-0.2, -0.15) is 0 Å². The highest BCUT2D eigenvalue weighted by Gasteiger charge is 2.17. The Morgan fingerprint density at radius 3 is 2.65 bits per heavy atom. The van der Waals surface area contributed by atoms with Gasteiger partial charge in [-0.25, -0.2) is 0 Å². The molecule has 0 aliphatic heterocycles. The first-order valence-corrected chi connectivity index (χ1v) is 7.56. The molecule has 0 radical (unpaired) electrons. The van der Waals surface area contributed by atoms with Crippen molar-refractivity contribution < 1.29 is 4.42 Å². The van der Waals surface area contributed by atoms with Gasteiger partial charge in [0.15, 0.2) is 10.9 Å². The standard InChI is InChI=1S/C15H15N3OS/c1-2-11-20-15-17-16-14(13-9-6-10-19-13)18(15)12-7-4-3-5-8-12/h3-10H,2,11H2,1H3. The van der Waals surface area contributed by atoms with Crippen LogP contribution in [-0.2, 0) is 0 Å².